The first kappa shape index (κ1) is 11.4. The van der Waals surface area contributed by atoms with Crippen LogP contribution in [0.4, 0.5) is 5.95 Å². The van der Waals surface area contributed by atoms with Crippen LogP contribution in [0, 0.1) is 6.92 Å². The second-order valence-corrected chi connectivity index (χ2v) is 5.24. The molecule has 0 aromatic carbocycles. The highest BCUT2D eigenvalue weighted by molar-refractivity contribution is 9.10. The fourth-order valence-electron chi connectivity index (χ4n) is 2.25. The second-order valence-electron chi connectivity index (χ2n) is 4.38. The lowest BCUT2D eigenvalue weighted by molar-refractivity contribution is -0.138. The number of halogens is 1. The van der Waals surface area contributed by atoms with E-state index in [1.165, 1.54) is 0 Å². The number of ether oxygens (including phenoxy) is 2. The molecule has 2 saturated heterocycles. The van der Waals surface area contributed by atoms with Crippen LogP contribution in [0.5, 0.6) is 0 Å². The predicted octanol–water partition coefficient (Wildman–Crippen LogP) is 1.50. The Labute approximate surface area is 108 Å². The van der Waals surface area contributed by atoms with Gasteiger partial charge in [-0.3, -0.25) is 0 Å². The van der Waals surface area contributed by atoms with Crippen molar-refractivity contribution in [3.8, 4) is 0 Å². The van der Waals surface area contributed by atoms with Crippen molar-refractivity contribution in [3.05, 3.63) is 16.4 Å². The van der Waals surface area contributed by atoms with Gasteiger partial charge in [0.15, 0.2) is 5.79 Å². The van der Waals surface area contributed by atoms with Crippen LogP contribution in [0.15, 0.2) is 10.7 Å². The highest BCUT2D eigenvalue weighted by atomic mass is 79.9. The zero-order valence-electron chi connectivity index (χ0n) is 9.65. The minimum atomic E-state index is -0.412. The van der Waals surface area contributed by atoms with Crippen LogP contribution in [0.1, 0.15) is 12.1 Å². The van der Waals surface area contributed by atoms with E-state index in [1.54, 1.807) is 6.20 Å². The largest absolute Gasteiger partial charge is 0.346 e. The van der Waals surface area contributed by atoms with E-state index in [0.717, 1.165) is 29.1 Å². The minimum absolute atomic E-state index is 0.412. The van der Waals surface area contributed by atoms with Gasteiger partial charge in [-0.15, -0.1) is 0 Å². The average Bonchev–Trinajstić information content (AvgIpc) is 2.94. The Morgan fingerprint density at radius 3 is 2.88 bits per heavy atom. The first-order chi connectivity index (χ1) is 8.19. The maximum atomic E-state index is 5.68. The van der Waals surface area contributed by atoms with Gasteiger partial charge in [0.25, 0.3) is 0 Å². The summed E-state index contributed by atoms with van der Waals surface area (Å²) in [6.45, 7) is 4.93. The van der Waals surface area contributed by atoms with E-state index in [9.17, 15) is 0 Å². The Bertz CT molecular complexity index is 435. The van der Waals surface area contributed by atoms with Crippen molar-refractivity contribution in [3.63, 3.8) is 0 Å². The fourth-order valence-corrected chi connectivity index (χ4v) is 2.44. The normalized spacial score (nSPS) is 22.6. The lowest BCUT2D eigenvalue weighted by Crippen LogP contribution is -2.34. The zero-order chi connectivity index (χ0) is 11.9. The third kappa shape index (κ3) is 2.05. The molecule has 0 aliphatic carbocycles. The first-order valence-electron chi connectivity index (χ1n) is 5.71. The number of rotatable bonds is 1. The Morgan fingerprint density at radius 2 is 2.18 bits per heavy atom. The van der Waals surface area contributed by atoms with Crippen molar-refractivity contribution >= 4 is 21.9 Å². The van der Waals surface area contributed by atoms with Gasteiger partial charge < -0.3 is 14.4 Å². The average molecular weight is 300 g/mol. The van der Waals surface area contributed by atoms with E-state index in [2.05, 4.69) is 30.8 Å². The molecule has 2 aliphatic heterocycles. The van der Waals surface area contributed by atoms with E-state index in [4.69, 9.17) is 9.47 Å². The molecule has 0 saturated carbocycles. The topological polar surface area (TPSA) is 47.5 Å². The molecule has 6 heteroatoms. The zero-order valence-corrected chi connectivity index (χ0v) is 11.2. The number of hydrogen-bond acceptors (Lipinski definition) is 5. The molecule has 0 unspecified atom stereocenters. The summed E-state index contributed by atoms with van der Waals surface area (Å²) in [5, 5.41) is 0. The molecule has 0 bridgehead atoms. The van der Waals surface area contributed by atoms with E-state index in [-0.39, 0.29) is 0 Å². The van der Waals surface area contributed by atoms with E-state index >= 15 is 0 Å². The lowest BCUT2D eigenvalue weighted by atomic mass is 10.2. The summed E-state index contributed by atoms with van der Waals surface area (Å²) >= 11 is 3.40. The van der Waals surface area contributed by atoms with Crippen LogP contribution >= 0.6 is 15.9 Å². The maximum Gasteiger partial charge on any atom is 0.225 e. The summed E-state index contributed by atoms with van der Waals surface area (Å²) in [5.74, 6) is 0.339. The first-order valence-corrected chi connectivity index (χ1v) is 6.50. The van der Waals surface area contributed by atoms with Gasteiger partial charge in [-0.25, -0.2) is 9.97 Å². The van der Waals surface area contributed by atoms with Gasteiger partial charge in [-0.1, -0.05) is 0 Å². The molecular weight excluding hydrogens is 286 g/mol. The van der Waals surface area contributed by atoms with Gasteiger partial charge in [-0.2, -0.15) is 0 Å². The minimum Gasteiger partial charge on any atom is -0.346 e. The summed E-state index contributed by atoms with van der Waals surface area (Å²) in [6, 6.07) is 0. The molecule has 0 amide bonds. The molecule has 1 aromatic heterocycles. The summed E-state index contributed by atoms with van der Waals surface area (Å²) in [6.07, 6.45) is 2.67. The van der Waals surface area contributed by atoms with Crippen molar-refractivity contribution in [1.82, 2.24) is 9.97 Å². The monoisotopic (exact) mass is 299 g/mol. The molecule has 1 spiro atoms. The van der Waals surface area contributed by atoms with Crippen LogP contribution in [0.2, 0.25) is 0 Å². The third-order valence-corrected chi connectivity index (χ3v) is 3.98. The molecule has 2 aliphatic rings. The smallest absolute Gasteiger partial charge is 0.225 e. The van der Waals surface area contributed by atoms with Crippen molar-refractivity contribution in [1.29, 1.82) is 0 Å². The molecule has 3 heterocycles. The second kappa shape index (κ2) is 4.19. The van der Waals surface area contributed by atoms with E-state index in [1.807, 2.05) is 6.92 Å². The van der Waals surface area contributed by atoms with Gasteiger partial charge in [0.05, 0.1) is 29.9 Å². The Kier molecular flexibility index (Phi) is 2.80. The lowest BCUT2D eigenvalue weighted by Gasteiger charge is -2.22. The molecule has 0 atom stereocenters. The highest BCUT2D eigenvalue weighted by Gasteiger charge is 2.44. The van der Waals surface area contributed by atoms with Gasteiger partial charge in [0.2, 0.25) is 5.95 Å². The molecule has 0 radical (unpaired) electrons. The van der Waals surface area contributed by atoms with Crippen molar-refractivity contribution in [2.24, 2.45) is 0 Å². The number of aromatic nitrogens is 2. The van der Waals surface area contributed by atoms with Crippen LogP contribution in [0.3, 0.4) is 0 Å². The molecule has 92 valence electrons. The molecule has 2 fully saturated rings. The summed E-state index contributed by atoms with van der Waals surface area (Å²) in [5.41, 5.74) is 0.948. The summed E-state index contributed by atoms with van der Waals surface area (Å²) in [7, 11) is 0. The number of anilines is 1. The van der Waals surface area contributed by atoms with Crippen LogP contribution < -0.4 is 4.90 Å². The summed E-state index contributed by atoms with van der Waals surface area (Å²) in [4.78, 5) is 10.9. The van der Waals surface area contributed by atoms with Crippen molar-refractivity contribution in [2.75, 3.05) is 31.2 Å². The van der Waals surface area contributed by atoms with Crippen molar-refractivity contribution < 1.29 is 9.47 Å². The predicted molar refractivity (Wildman–Crippen MR) is 65.9 cm³/mol. The van der Waals surface area contributed by atoms with E-state index < -0.39 is 5.79 Å². The van der Waals surface area contributed by atoms with Crippen LogP contribution in [-0.4, -0.2) is 42.1 Å². The maximum absolute atomic E-state index is 5.68. The van der Waals surface area contributed by atoms with Gasteiger partial charge in [-0.05, 0) is 22.9 Å². The quantitative estimate of drug-likeness (QED) is 0.786. The molecular formula is C11H14BrN3O2. The molecule has 1 aromatic rings. The van der Waals surface area contributed by atoms with Crippen LogP contribution in [-0.2, 0) is 9.47 Å². The molecule has 0 N–H and O–H groups in total. The standard InChI is InChI=1S/C11H14BrN3O2/c1-8-9(12)6-13-10(14-8)15-3-2-11(7-15)16-4-5-17-11/h6H,2-5,7H2,1H3. The van der Waals surface area contributed by atoms with Crippen LogP contribution in [0.25, 0.3) is 0 Å². The summed E-state index contributed by atoms with van der Waals surface area (Å²) < 4.78 is 12.3. The third-order valence-electron chi connectivity index (χ3n) is 3.20. The van der Waals surface area contributed by atoms with Crippen molar-refractivity contribution in [2.45, 2.75) is 19.1 Å². The van der Waals surface area contributed by atoms with E-state index in [0.29, 0.717) is 19.8 Å². The molecule has 5 nitrogen and oxygen atoms in total. The SMILES string of the molecule is Cc1nc(N2CCC3(C2)OCCO3)ncc1Br. The number of nitrogens with zero attached hydrogens (tertiary/aromatic N) is 3. The Morgan fingerprint density at radius 1 is 1.41 bits per heavy atom. The van der Waals surface area contributed by atoms with Gasteiger partial charge in [0, 0.05) is 19.2 Å². The highest BCUT2D eigenvalue weighted by Crippen LogP contribution is 2.32. The number of aryl methyl sites for hydroxylation is 1. The Hall–Kier alpha value is -0.720. The molecule has 3 rings (SSSR count). The molecule has 17 heavy (non-hydrogen) atoms. The van der Waals surface area contributed by atoms with Gasteiger partial charge in [0.1, 0.15) is 0 Å². The Balaban J connectivity index is 1.79. The number of hydrogen-bond donors (Lipinski definition) is 0. The van der Waals surface area contributed by atoms with Gasteiger partial charge >= 0.3 is 0 Å². The fraction of sp³-hybridized carbons (Fsp3) is 0.636.